The van der Waals surface area contributed by atoms with E-state index in [2.05, 4.69) is 27.8 Å². The van der Waals surface area contributed by atoms with E-state index in [9.17, 15) is 10.1 Å². The number of aromatic nitrogens is 2. The molecule has 2 aromatic rings. The Morgan fingerprint density at radius 1 is 1.41 bits per heavy atom. The number of carbonyl (C=O) groups excluding carboxylic acids is 1. The summed E-state index contributed by atoms with van der Waals surface area (Å²) in [6.45, 7) is 7.39. The summed E-state index contributed by atoms with van der Waals surface area (Å²) >= 11 is 0. The Labute approximate surface area is 188 Å². The van der Waals surface area contributed by atoms with Crippen LogP contribution in [0.5, 0.6) is 0 Å². The molecule has 1 saturated carbocycles. The number of piperazine rings is 1. The third-order valence-electron chi connectivity index (χ3n) is 5.97. The van der Waals surface area contributed by atoms with Crippen LogP contribution < -0.4 is 10.2 Å². The van der Waals surface area contributed by atoms with E-state index >= 15 is 0 Å². The minimum Gasteiger partial charge on any atom is -0.396 e. The van der Waals surface area contributed by atoms with Gasteiger partial charge in [0.05, 0.1) is 23.6 Å². The van der Waals surface area contributed by atoms with Gasteiger partial charge in [0.2, 0.25) is 5.91 Å². The van der Waals surface area contributed by atoms with Crippen molar-refractivity contribution >= 4 is 29.3 Å². The molecule has 166 valence electrons. The van der Waals surface area contributed by atoms with Gasteiger partial charge in [0, 0.05) is 44.2 Å². The zero-order valence-electron chi connectivity index (χ0n) is 18.3. The van der Waals surface area contributed by atoms with E-state index in [4.69, 9.17) is 10.1 Å². The molecule has 0 unspecified atom stereocenters. The molecule has 32 heavy (non-hydrogen) atoms. The van der Waals surface area contributed by atoms with Gasteiger partial charge >= 0.3 is 0 Å². The van der Waals surface area contributed by atoms with Crippen molar-refractivity contribution in [3.63, 3.8) is 0 Å². The summed E-state index contributed by atoms with van der Waals surface area (Å²) in [7, 11) is 0. The van der Waals surface area contributed by atoms with Crippen LogP contribution in [0.2, 0.25) is 0 Å². The van der Waals surface area contributed by atoms with Crippen LogP contribution in [0.1, 0.15) is 48.9 Å². The molecule has 3 heterocycles. The van der Waals surface area contributed by atoms with E-state index in [-0.39, 0.29) is 25.0 Å². The fourth-order valence-electron chi connectivity index (χ4n) is 4.15. The normalized spacial score (nSPS) is 18.2. The molecule has 0 radical (unpaired) electrons. The van der Waals surface area contributed by atoms with Crippen molar-refractivity contribution in [2.45, 2.75) is 38.1 Å². The number of anilines is 3. The molecule has 2 N–H and O–H groups in total. The molecule has 2 aromatic heterocycles. The Hall–Kier alpha value is -3.44. The number of aliphatic hydroxyl groups is 1. The van der Waals surface area contributed by atoms with E-state index in [1.165, 1.54) is 0 Å². The van der Waals surface area contributed by atoms with Gasteiger partial charge in [-0.05, 0) is 43.5 Å². The largest absolute Gasteiger partial charge is 0.396 e. The van der Waals surface area contributed by atoms with Gasteiger partial charge in [0.25, 0.3) is 0 Å². The number of amides is 1. The van der Waals surface area contributed by atoms with Crippen molar-refractivity contribution in [1.82, 2.24) is 14.9 Å². The highest BCUT2D eigenvalue weighted by molar-refractivity contribution is 5.77. The van der Waals surface area contributed by atoms with Crippen molar-refractivity contribution in [3.05, 3.63) is 47.8 Å². The Morgan fingerprint density at radius 2 is 2.22 bits per heavy atom. The Kier molecular flexibility index (Phi) is 6.37. The highest BCUT2D eigenvalue weighted by Crippen LogP contribution is 2.44. The van der Waals surface area contributed by atoms with Crippen molar-refractivity contribution < 1.29 is 9.90 Å². The quantitative estimate of drug-likeness (QED) is 0.693. The number of nitriles is 1. The molecule has 1 saturated heterocycles. The Bertz CT molecular complexity index is 1060. The van der Waals surface area contributed by atoms with E-state index in [1.807, 2.05) is 25.1 Å². The van der Waals surface area contributed by atoms with Gasteiger partial charge in [-0.15, -0.1) is 0 Å². The average Bonchev–Trinajstić information content (AvgIpc) is 3.64. The molecule has 8 heteroatoms. The molecular weight excluding hydrogens is 404 g/mol. The molecule has 2 aliphatic rings. The summed E-state index contributed by atoms with van der Waals surface area (Å²) in [5.41, 5.74) is 3.23. The van der Waals surface area contributed by atoms with Crippen LogP contribution in [0.3, 0.4) is 0 Å². The summed E-state index contributed by atoms with van der Waals surface area (Å²) in [6.07, 6.45) is 5.78. The summed E-state index contributed by atoms with van der Waals surface area (Å²) in [6, 6.07) is 7.94. The van der Waals surface area contributed by atoms with Gasteiger partial charge in [-0.1, -0.05) is 12.7 Å². The monoisotopic (exact) mass is 432 g/mol. The number of pyridine rings is 2. The van der Waals surface area contributed by atoms with E-state index in [0.717, 1.165) is 29.8 Å². The van der Waals surface area contributed by atoms with Crippen molar-refractivity contribution in [2.24, 2.45) is 0 Å². The van der Waals surface area contributed by atoms with Crippen LogP contribution in [-0.2, 0) is 4.79 Å². The van der Waals surface area contributed by atoms with Gasteiger partial charge in [-0.25, -0.2) is 9.97 Å². The standard InChI is InChI=1S/C24H28N6O2/c1-3-17-6-8-26-21(12-17)27-20-13-19(14-25)24(28-23(20)18-4-5-18)29-9-10-30(16(2)15-29)22(32)7-11-31/h3,6,8,12-13,16,18,31H,1,4-5,7,9-11,15H2,2H3,(H,26,27)/t16-/m1/s1. The first-order valence-electron chi connectivity index (χ1n) is 11.0. The lowest BCUT2D eigenvalue weighted by atomic mass is 10.1. The number of hydrogen-bond acceptors (Lipinski definition) is 7. The topological polar surface area (TPSA) is 105 Å². The predicted octanol–water partition coefficient (Wildman–Crippen LogP) is 3.03. The Morgan fingerprint density at radius 3 is 2.88 bits per heavy atom. The van der Waals surface area contributed by atoms with Crippen molar-refractivity contribution in [1.29, 1.82) is 5.26 Å². The minimum absolute atomic E-state index is 0.0239. The molecule has 8 nitrogen and oxygen atoms in total. The molecule has 1 aliphatic carbocycles. The fourth-order valence-corrected chi connectivity index (χ4v) is 4.15. The number of nitrogens with one attached hydrogen (secondary N) is 1. The number of nitrogens with zero attached hydrogens (tertiary/aromatic N) is 5. The summed E-state index contributed by atoms with van der Waals surface area (Å²) in [5, 5.41) is 22.3. The maximum absolute atomic E-state index is 12.2. The van der Waals surface area contributed by atoms with E-state index in [0.29, 0.717) is 42.8 Å². The summed E-state index contributed by atoms with van der Waals surface area (Å²) in [4.78, 5) is 25.5. The molecule has 0 aromatic carbocycles. The van der Waals surface area contributed by atoms with Gasteiger partial charge in [-0.3, -0.25) is 4.79 Å². The van der Waals surface area contributed by atoms with Crippen LogP contribution in [0.25, 0.3) is 6.08 Å². The summed E-state index contributed by atoms with van der Waals surface area (Å²) < 4.78 is 0. The molecule has 4 rings (SSSR count). The second-order valence-electron chi connectivity index (χ2n) is 8.34. The maximum Gasteiger partial charge on any atom is 0.225 e. The number of carbonyl (C=O) groups is 1. The molecule has 2 fully saturated rings. The first-order valence-corrected chi connectivity index (χ1v) is 11.0. The Balaban J connectivity index is 1.61. The highest BCUT2D eigenvalue weighted by Gasteiger charge is 2.33. The van der Waals surface area contributed by atoms with E-state index < -0.39 is 0 Å². The maximum atomic E-state index is 12.2. The van der Waals surface area contributed by atoms with Crippen LogP contribution in [0.15, 0.2) is 31.0 Å². The lowest BCUT2D eigenvalue weighted by molar-refractivity contribution is -0.134. The molecule has 1 aliphatic heterocycles. The van der Waals surface area contributed by atoms with Crippen molar-refractivity contribution in [2.75, 3.05) is 36.5 Å². The third-order valence-corrected chi connectivity index (χ3v) is 5.97. The first-order chi connectivity index (χ1) is 15.5. The van der Waals surface area contributed by atoms with Gasteiger partial charge in [0.1, 0.15) is 17.7 Å². The van der Waals surface area contributed by atoms with Gasteiger partial charge < -0.3 is 20.2 Å². The van der Waals surface area contributed by atoms with Crippen LogP contribution in [0.4, 0.5) is 17.3 Å². The SMILES string of the molecule is C=Cc1ccnc(Nc2cc(C#N)c(N3CCN(C(=O)CCO)[C@H](C)C3)nc2C2CC2)c1. The van der Waals surface area contributed by atoms with Gasteiger partial charge in [0.15, 0.2) is 0 Å². The minimum atomic E-state index is -0.143. The molecule has 1 amide bonds. The van der Waals surface area contributed by atoms with E-state index in [1.54, 1.807) is 17.2 Å². The van der Waals surface area contributed by atoms with Crippen LogP contribution in [-0.4, -0.2) is 58.2 Å². The average molecular weight is 433 g/mol. The third kappa shape index (κ3) is 4.58. The van der Waals surface area contributed by atoms with Gasteiger partial charge in [-0.2, -0.15) is 5.26 Å². The smallest absolute Gasteiger partial charge is 0.225 e. The number of hydrogen-bond donors (Lipinski definition) is 2. The zero-order valence-corrected chi connectivity index (χ0v) is 18.3. The lowest BCUT2D eigenvalue weighted by Crippen LogP contribution is -2.54. The number of rotatable bonds is 7. The van der Waals surface area contributed by atoms with Crippen LogP contribution in [0, 0.1) is 11.3 Å². The molecular formula is C24H28N6O2. The molecule has 1 atom stereocenters. The number of aliphatic hydroxyl groups excluding tert-OH is 1. The molecule has 0 spiro atoms. The second kappa shape index (κ2) is 9.37. The highest BCUT2D eigenvalue weighted by atomic mass is 16.3. The molecule has 0 bridgehead atoms. The fraction of sp³-hybridized carbons (Fsp3) is 0.417. The lowest BCUT2D eigenvalue weighted by Gasteiger charge is -2.40. The van der Waals surface area contributed by atoms with Crippen molar-refractivity contribution in [3.8, 4) is 6.07 Å². The predicted molar refractivity (Wildman–Crippen MR) is 124 cm³/mol. The van der Waals surface area contributed by atoms with Crippen LogP contribution >= 0.6 is 0 Å². The second-order valence-corrected chi connectivity index (χ2v) is 8.34. The summed E-state index contributed by atoms with van der Waals surface area (Å²) in [5.74, 6) is 1.69. The zero-order chi connectivity index (χ0) is 22.7. The first kappa shape index (κ1) is 21.8.